The van der Waals surface area contributed by atoms with Gasteiger partial charge >= 0.3 is 0 Å². The normalized spacial score (nSPS) is 12.9. The predicted molar refractivity (Wildman–Crippen MR) is 117 cm³/mol. The van der Waals surface area contributed by atoms with Crippen LogP contribution in [0.25, 0.3) is 0 Å². The van der Waals surface area contributed by atoms with Crippen LogP contribution < -0.4 is 21.2 Å². The van der Waals surface area contributed by atoms with Crippen LogP contribution in [0, 0.1) is 0 Å². The molecular formula is C22H24O3P2. The molecule has 3 rings (SSSR count). The van der Waals surface area contributed by atoms with Crippen molar-refractivity contribution in [3.8, 4) is 11.5 Å². The number of hydrogen-bond acceptors (Lipinski definition) is 3. The number of rotatable bonds is 4. The molecule has 140 valence electrons. The van der Waals surface area contributed by atoms with Gasteiger partial charge in [0.1, 0.15) is 7.80 Å². The second-order valence-corrected chi connectivity index (χ2v) is 12.3. The van der Waals surface area contributed by atoms with E-state index in [0.717, 1.165) is 10.6 Å². The molecule has 0 aliphatic rings. The summed E-state index contributed by atoms with van der Waals surface area (Å²) in [5, 5.41) is 23.9. The lowest BCUT2D eigenvalue weighted by Crippen LogP contribution is -2.32. The molecule has 5 heteroatoms. The molecule has 2 N–H and O–H groups in total. The number of phenolic OH excluding ortho intramolecular Hbond substituents is 2. The molecule has 0 fully saturated rings. The summed E-state index contributed by atoms with van der Waals surface area (Å²) in [4.78, 5) is 0. The van der Waals surface area contributed by atoms with Gasteiger partial charge in [-0.3, -0.25) is 0 Å². The van der Waals surface area contributed by atoms with Crippen LogP contribution in [0.5, 0.6) is 11.5 Å². The SMILES string of the molecule is CC(C)(C)[PH](=O)c1ccc(O)c(O)c1P(c1ccccc1)c1ccccc1. The Morgan fingerprint density at radius 3 is 1.70 bits per heavy atom. The summed E-state index contributed by atoms with van der Waals surface area (Å²) >= 11 is 0. The van der Waals surface area contributed by atoms with Crippen LogP contribution in [0.1, 0.15) is 20.8 Å². The van der Waals surface area contributed by atoms with Crippen molar-refractivity contribution in [2.75, 3.05) is 0 Å². The smallest absolute Gasteiger partial charge is 0.166 e. The van der Waals surface area contributed by atoms with E-state index in [1.165, 1.54) is 6.07 Å². The maximum absolute atomic E-state index is 13.3. The lowest BCUT2D eigenvalue weighted by atomic mass is 10.3. The van der Waals surface area contributed by atoms with Gasteiger partial charge < -0.3 is 14.8 Å². The molecule has 0 aromatic heterocycles. The standard InChI is InChI=1S/C22H24O3P2/c1-22(2,3)27(25)19-15-14-18(23)20(24)21(19)26(16-10-6-4-7-11-16)17-12-8-5-9-13-17/h4-15,23-24,27H,1-3H3. The predicted octanol–water partition coefficient (Wildman–Crippen LogP) is 3.84. The third kappa shape index (κ3) is 4.10. The van der Waals surface area contributed by atoms with Crippen LogP contribution in [0.15, 0.2) is 72.8 Å². The zero-order chi connectivity index (χ0) is 19.6. The van der Waals surface area contributed by atoms with E-state index in [1.54, 1.807) is 6.07 Å². The minimum atomic E-state index is -2.21. The largest absolute Gasteiger partial charge is 0.504 e. The summed E-state index contributed by atoms with van der Waals surface area (Å²) in [6.07, 6.45) is 0. The number of benzene rings is 3. The maximum Gasteiger partial charge on any atom is 0.166 e. The first-order valence-corrected chi connectivity index (χ1v) is 11.6. The summed E-state index contributed by atoms with van der Waals surface area (Å²) in [7, 11) is -3.38. The first-order chi connectivity index (χ1) is 12.8. The van der Waals surface area contributed by atoms with Gasteiger partial charge in [-0.1, -0.05) is 81.4 Å². The van der Waals surface area contributed by atoms with Crippen molar-refractivity contribution in [3.05, 3.63) is 72.8 Å². The molecule has 0 saturated carbocycles. The fourth-order valence-corrected chi connectivity index (χ4v) is 7.36. The summed E-state index contributed by atoms with van der Waals surface area (Å²) in [6, 6.07) is 22.9. The minimum Gasteiger partial charge on any atom is -0.504 e. The molecule has 3 aromatic rings. The summed E-state index contributed by atoms with van der Waals surface area (Å²) in [5.41, 5.74) is 0. The number of hydrogen-bond donors (Lipinski definition) is 2. The molecule has 1 atom stereocenters. The molecule has 27 heavy (non-hydrogen) atoms. The van der Waals surface area contributed by atoms with Gasteiger partial charge in [0, 0.05) is 15.8 Å². The van der Waals surface area contributed by atoms with Gasteiger partial charge in [0.2, 0.25) is 0 Å². The Bertz CT molecular complexity index is 909. The van der Waals surface area contributed by atoms with Gasteiger partial charge in [-0.2, -0.15) is 0 Å². The van der Waals surface area contributed by atoms with Crippen molar-refractivity contribution in [1.29, 1.82) is 0 Å². The Hall–Kier alpha value is -2.08. The number of aromatic hydroxyl groups is 2. The van der Waals surface area contributed by atoms with Crippen molar-refractivity contribution in [2.45, 2.75) is 25.9 Å². The van der Waals surface area contributed by atoms with Crippen LogP contribution in [0.3, 0.4) is 0 Å². The molecule has 3 nitrogen and oxygen atoms in total. The Kier molecular flexibility index (Phi) is 5.75. The lowest BCUT2D eigenvalue weighted by Gasteiger charge is -2.26. The fourth-order valence-electron chi connectivity index (χ4n) is 2.94. The maximum atomic E-state index is 13.3. The van der Waals surface area contributed by atoms with Gasteiger partial charge in [0.25, 0.3) is 0 Å². The van der Waals surface area contributed by atoms with Crippen LogP contribution in [0.2, 0.25) is 0 Å². The monoisotopic (exact) mass is 398 g/mol. The quantitative estimate of drug-likeness (QED) is 0.519. The average molecular weight is 398 g/mol. The van der Waals surface area contributed by atoms with E-state index in [1.807, 2.05) is 81.4 Å². The van der Waals surface area contributed by atoms with Gasteiger partial charge in [0.15, 0.2) is 11.5 Å². The summed E-state index contributed by atoms with van der Waals surface area (Å²) in [5.74, 6) is -0.356. The molecule has 0 saturated heterocycles. The highest BCUT2D eigenvalue weighted by atomic mass is 31.1. The zero-order valence-electron chi connectivity index (χ0n) is 15.7. The minimum absolute atomic E-state index is 0.172. The number of phenols is 2. The molecule has 0 radical (unpaired) electrons. The summed E-state index contributed by atoms with van der Waals surface area (Å²) in [6.45, 7) is 5.82. The Morgan fingerprint density at radius 1 is 0.778 bits per heavy atom. The van der Waals surface area contributed by atoms with E-state index in [-0.39, 0.29) is 11.5 Å². The van der Waals surface area contributed by atoms with Crippen LogP contribution >= 0.6 is 15.7 Å². The first kappa shape index (κ1) is 19.7. The highest BCUT2D eigenvalue weighted by molar-refractivity contribution is 7.81. The Morgan fingerprint density at radius 2 is 1.26 bits per heavy atom. The molecule has 0 aliphatic carbocycles. The second kappa shape index (κ2) is 7.89. The molecule has 0 bridgehead atoms. The van der Waals surface area contributed by atoms with Gasteiger partial charge in [-0.25, -0.2) is 0 Å². The molecule has 0 spiro atoms. The van der Waals surface area contributed by atoms with Crippen LogP contribution in [-0.2, 0) is 4.57 Å². The van der Waals surface area contributed by atoms with E-state index < -0.39 is 20.9 Å². The van der Waals surface area contributed by atoms with E-state index in [0.29, 0.717) is 10.6 Å². The second-order valence-electron chi connectivity index (χ2n) is 7.42. The first-order valence-electron chi connectivity index (χ1n) is 8.80. The van der Waals surface area contributed by atoms with Gasteiger partial charge in [-0.15, -0.1) is 0 Å². The molecule has 0 amide bonds. The molecule has 0 heterocycles. The summed E-state index contributed by atoms with van der Waals surface area (Å²) < 4.78 is 13.3. The molecule has 3 aromatic carbocycles. The Labute approximate surface area is 162 Å². The van der Waals surface area contributed by atoms with Crippen molar-refractivity contribution < 1.29 is 14.8 Å². The lowest BCUT2D eigenvalue weighted by molar-refractivity contribution is 0.407. The van der Waals surface area contributed by atoms with Crippen molar-refractivity contribution >= 4 is 36.9 Å². The van der Waals surface area contributed by atoms with Gasteiger partial charge in [0.05, 0.1) is 0 Å². The highest BCUT2D eigenvalue weighted by Crippen LogP contribution is 2.44. The third-order valence-electron chi connectivity index (χ3n) is 4.31. The molecular weight excluding hydrogens is 374 g/mol. The van der Waals surface area contributed by atoms with Crippen LogP contribution in [0.4, 0.5) is 0 Å². The average Bonchev–Trinajstić information content (AvgIpc) is 2.66. The molecule has 1 unspecified atom stereocenters. The van der Waals surface area contributed by atoms with E-state index in [9.17, 15) is 14.8 Å². The highest BCUT2D eigenvalue weighted by Gasteiger charge is 2.30. The molecule has 0 aliphatic heterocycles. The third-order valence-corrected chi connectivity index (χ3v) is 9.32. The van der Waals surface area contributed by atoms with Crippen molar-refractivity contribution in [3.63, 3.8) is 0 Å². The van der Waals surface area contributed by atoms with Crippen molar-refractivity contribution in [2.24, 2.45) is 0 Å². The van der Waals surface area contributed by atoms with Crippen molar-refractivity contribution in [1.82, 2.24) is 0 Å². The van der Waals surface area contributed by atoms with E-state index in [4.69, 9.17) is 0 Å². The van der Waals surface area contributed by atoms with E-state index in [2.05, 4.69) is 0 Å². The van der Waals surface area contributed by atoms with E-state index >= 15 is 0 Å². The zero-order valence-corrected chi connectivity index (χ0v) is 17.6. The van der Waals surface area contributed by atoms with Crippen LogP contribution in [-0.4, -0.2) is 15.4 Å². The fraction of sp³-hybridized carbons (Fsp3) is 0.182. The Balaban J connectivity index is 2.33. The van der Waals surface area contributed by atoms with Gasteiger partial charge in [-0.05, 0) is 30.7 Å². The topological polar surface area (TPSA) is 57.5 Å².